The summed E-state index contributed by atoms with van der Waals surface area (Å²) in [4.78, 5) is 12.7. The van der Waals surface area contributed by atoms with E-state index in [0.29, 0.717) is 23.5 Å². The van der Waals surface area contributed by atoms with E-state index in [9.17, 15) is 4.79 Å². The highest BCUT2D eigenvalue weighted by atomic mass is 16.7. The predicted molar refractivity (Wildman–Crippen MR) is 105 cm³/mol. The van der Waals surface area contributed by atoms with Crippen molar-refractivity contribution in [2.45, 2.75) is 37.3 Å². The minimum Gasteiger partial charge on any atom is -0.493 e. The van der Waals surface area contributed by atoms with Gasteiger partial charge in [0.25, 0.3) is 0 Å². The molecule has 3 rings (SSSR count). The zero-order chi connectivity index (χ0) is 20.5. The van der Waals surface area contributed by atoms with Crippen molar-refractivity contribution in [3.05, 3.63) is 48.1 Å². The van der Waals surface area contributed by atoms with Crippen LogP contribution in [-0.2, 0) is 19.0 Å². The average Bonchev–Trinajstić information content (AvgIpc) is 2.97. The molecule has 4 atom stereocenters. The van der Waals surface area contributed by atoms with Crippen LogP contribution < -0.4 is 9.47 Å². The van der Waals surface area contributed by atoms with Gasteiger partial charge in [0.05, 0.1) is 26.7 Å². The van der Waals surface area contributed by atoms with Crippen LogP contribution in [0.15, 0.2) is 42.5 Å². The van der Waals surface area contributed by atoms with Gasteiger partial charge in [0.1, 0.15) is 5.60 Å². The number of rotatable bonds is 7. The van der Waals surface area contributed by atoms with Gasteiger partial charge in [-0.2, -0.15) is 0 Å². The Morgan fingerprint density at radius 3 is 2.46 bits per heavy atom. The summed E-state index contributed by atoms with van der Waals surface area (Å²) >= 11 is 0. The van der Waals surface area contributed by atoms with Crippen LogP contribution >= 0.6 is 0 Å². The highest BCUT2D eigenvalue weighted by Gasteiger charge is 2.67. The molecule has 0 bridgehead atoms. The molecule has 1 aliphatic carbocycles. The normalized spacial score (nSPS) is 31.9. The van der Waals surface area contributed by atoms with Gasteiger partial charge in [-0.05, 0) is 35.8 Å². The van der Waals surface area contributed by atoms with E-state index >= 15 is 0 Å². The summed E-state index contributed by atoms with van der Waals surface area (Å²) < 4.78 is 29.0. The van der Waals surface area contributed by atoms with Gasteiger partial charge in [0.15, 0.2) is 17.3 Å². The molecule has 0 spiro atoms. The van der Waals surface area contributed by atoms with Crippen molar-refractivity contribution in [3.63, 3.8) is 0 Å². The van der Waals surface area contributed by atoms with E-state index < -0.39 is 11.4 Å². The highest BCUT2D eigenvalue weighted by molar-refractivity contribution is 5.97. The molecule has 28 heavy (non-hydrogen) atoms. The Labute approximate surface area is 166 Å². The summed E-state index contributed by atoms with van der Waals surface area (Å²) in [5, 5.41) is 0. The number of Topliss-reactive ketones (excluding diaryl/α,β-unsaturated/α-hetero) is 1. The molecule has 6 nitrogen and oxygen atoms in total. The number of methoxy groups -OCH3 is 4. The van der Waals surface area contributed by atoms with Gasteiger partial charge in [0, 0.05) is 20.1 Å². The maximum Gasteiger partial charge on any atom is 0.209 e. The zero-order valence-electron chi connectivity index (χ0n) is 17.1. The zero-order valence-corrected chi connectivity index (χ0v) is 17.1. The predicted octanol–water partition coefficient (Wildman–Crippen LogP) is 3.61. The maximum absolute atomic E-state index is 12.7. The summed E-state index contributed by atoms with van der Waals surface area (Å²) in [6, 6.07) is 5.66. The molecule has 0 unspecified atom stereocenters. The molecule has 0 radical (unpaired) electrons. The number of fused-ring (bicyclic) bond motifs is 1. The van der Waals surface area contributed by atoms with Crippen LogP contribution in [0.4, 0.5) is 0 Å². The van der Waals surface area contributed by atoms with Crippen LogP contribution in [0.5, 0.6) is 11.5 Å². The number of carbonyl (C=O) groups excluding carboxylic acids is 1. The molecule has 1 aromatic carbocycles. The quantitative estimate of drug-likeness (QED) is 0.665. The minimum absolute atomic E-state index is 0.0189. The third-order valence-electron chi connectivity index (χ3n) is 5.95. The molecular weight excluding hydrogens is 360 g/mol. The number of allylic oxidation sites excluding steroid dienone is 2. The molecule has 1 aromatic rings. The first kappa shape index (κ1) is 20.6. The first-order valence-electron chi connectivity index (χ1n) is 9.27. The van der Waals surface area contributed by atoms with Crippen molar-refractivity contribution < 1.29 is 28.5 Å². The molecule has 1 heterocycles. The molecule has 1 fully saturated rings. The molecule has 1 aliphatic heterocycles. The Hall–Kier alpha value is -2.15. The molecule has 2 aliphatic rings. The Kier molecular flexibility index (Phi) is 5.66. The van der Waals surface area contributed by atoms with Crippen molar-refractivity contribution in [3.8, 4) is 11.5 Å². The van der Waals surface area contributed by atoms with Gasteiger partial charge in [-0.1, -0.05) is 19.1 Å². The fourth-order valence-electron chi connectivity index (χ4n) is 4.45. The van der Waals surface area contributed by atoms with E-state index in [2.05, 4.69) is 6.58 Å². The molecule has 1 saturated heterocycles. The van der Waals surface area contributed by atoms with E-state index in [1.807, 2.05) is 31.2 Å². The molecule has 0 amide bonds. The lowest BCUT2D eigenvalue weighted by Crippen LogP contribution is -2.58. The van der Waals surface area contributed by atoms with Gasteiger partial charge in [-0.25, -0.2) is 0 Å². The van der Waals surface area contributed by atoms with E-state index in [4.69, 9.17) is 23.7 Å². The fourth-order valence-corrected chi connectivity index (χ4v) is 4.45. The molecule has 0 aromatic heterocycles. The van der Waals surface area contributed by atoms with Crippen LogP contribution in [0, 0.1) is 5.92 Å². The number of ether oxygens (including phenoxy) is 5. The Balaban J connectivity index is 2.10. The largest absolute Gasteiger partial charge is 0.493 e. The van der Waals surface area contributed by atoms with Crippen LogP contribution in [0.2, 0.25) is 0 Å². The summed E-state index contributed by atoms with van der Waals surface area (Å²) in [6.07, 6.45) is 3.81. The van der Waals surface area contributed by atoms with E-state index in [1.165, 1.54) is 0 Å². The molecule has 0 saturated carbocycles. The van der Waals surface area contributed by atoms with Crippen LogP contribution in [-0.4, -0.2) is 45.6 Å². The number of hydrogen-bond donors (Lipinski definition) is 0. The lowest BCUT2D eigenvalue weighted by atomic mass is 9.72. The molecule has 6 heteroatoms. The van der Waals surface area contributed by atoms with Crippen molar-refractivity contribution >= 4 is 5.78 Å². The standard InChI is InChI=1S/C22H28O6/c1-7-8-16-12-21(26-5)14(2)20(28-22(21,27-6)13-17(16)23)15-9-10-18(24-3)19(11-15)25-4/h7,9-12,14,20H,1,8,13H2,2-6H3/t14-,20+,21+,22-/m1/s1. The van der Waals surface area contributed by atoms with Crippen molar-refractivity contribution in [2.75, 3.05) is 28.4 Å². The lowest BCUT2D eigenvalue weighted by molar-refractivity contribution is -0.274. The molecule has 152 valence electrons. The van der Waals surface area contributed by atoms with E-state index in [1.54, 1.807) is 34.5 Å². The Bertz CT molecular complexity index is 800. The average molecular weight is 388 g/mol. The number of benzene rings is 1. The van der Waals surface area contributed by atoms with Crippen LogP contribution in [0.3, 0.4) is 0 Å². The van der Waals surface area contributed by atoms with Crippen LogP contribution in [0.25, 0.3) is 0 Å². The van der Waals surface area contributed by atoms with Crippen molar-refractivity contribution in [1.29, 1.82) is 0 Å². The summed E-state index contributed by atoms with van der Waals surface area (Å²) in [5.41, 5.74) is 0.678. The highest BCUT2D eigenvalue weighted by Crippen LogP contribution is 2.57. The smallest absolute Gasteiger partial charge is 0.209 e. The maximum atomic E-state index is 12.7. The van der Waals surface area contributed by atoms with E-state index in [-0.39, 0.29) is 24.2 Å². The summed E-state index contributed by atoms with van der Waals surface area (Å²) in [5.74, 6) is -0.0815. The van der Waals surface area contributed by atoms with E-state index in [0.717, 1.165) is 5.56 Å². The minimum atomic E-state index is -1.19. The first-order chi connectivity index (χ1) is 13.4. The SMILES string of the molecule is C=CCC1=C[C@]2(OC)[C@H](C)[C@@H](c3ccc(OC)c(OC)c3)O[C@]2(OC)CC1=O. The molecule has 0 N–H and O–H groups in total. The third kappa shape index (κ3) is 2.87. The van der Waals surface area contributed by atoms with Gasteiger partial charge < -0.3 is 23.7 Å². The topological polar surface area (TPSA) is 63.2 Å². The van der Waals surface area contributed by atoms with Crippen LogP contribution in [0.1, 0.15) is 31.4 Å². The second-order valence-electron chi connectivity index (χ2n) is 7.16. The van der Waals surface area contributed by atoms with Gasteiger partial charge in [-0.15, -0.1) is 6.58 Å². The fraction of sp³-hybridized carbons (Fsp3) is 0.500. The third-order valence-corrected chi connectivity index (χ3v) is 5.95. The summed E-state index contributed by atoms with van der Waals surface area (Å²) in [6.45, 7) is 5.80. The summed E-state index contributed by atoms with van der Waals surface area (Å²) in [7, 11) is 6.37. The number of carbonyl (C=O) groups is 1. The van der Waals surface area contributed by atoms with Gasteiger partial charge >= 0.3 is 0 Å². The second kappa shape index (κ2) is 7.70. The number of ketones is 1. The second-order valence-corrected chi connectivity index (χ2v) is 7.16. The van der Waals surface area contributed by atoms with Crippen molar-refractivity contribution in [1.82, 2.24) is 0 Å². The monoisotopic (exact) mass is 388 g/mol. The number of hydrogen-bond acceptors (Lipinski definition) is 6. The Morgan fingerprint density at radius 1 is 1.18 bits per heavy atom. The molecular formula is C22H28O6. The van der Waals surface area contributed by atoms with Crippen molar-refractivity contribution in [2.24, 2.45) is 5.92 Å². The van der Waals surface area contributed by atoms with Gasteiger partial charge in [-0.3, -0.25) is 4.79 Å². The van der Waals surface area contributed by atoms with Gasteiger partial charge in [0.2, 0.25) is 5.79 Å². The Morgan fingerprint density at radius 2 is 1.89 bits per heavy atom. The lowest BCUT2D eigenvalue weighted by Gasteiger charge is -2.44. The first-order valence-corrected chi connectivity index (χ1v) is 9.27.